The van der Waals surface area contributed by atoms with Gasteiger partial charge in [0.15, 0.2) is 5.96 Å². The van der Waals surface area contributed by atoms with Gasteiger partial charge in [0.2, 0.25) is 0 Å². The first kappa shape index (κ1) is 23.2. The van der Waals surface area contributed by atoms with Gasteiger partial charge in [0.05, 0.1) is 11.4 Å². The highest BCUT2D eigenvalue weighted by atomic mass is 16.5. The number of para-hydroxylation sites is 1. The number of rotatable bonds is 12. The number of guanidine groups is 1. The molecule has 2 rings (SSSR count). The molecule has 0 unspecified atom stereocenters. The van der Waals surface area contributed by atoms with Gasteiger partial charge in [-0.25, -0.2) is 4.68 Å². The maximum atomic E-state index is 9.51. The van der Waals surface area contributed by atoms with Gasteiger partial charge in [-0.05, 0) is 51.7 Å². The van der Waals surface area contributed by atoms with Gasteiger partial charge >= 0.3 is 0 Å². The topological polar surface area (TPSA) is 113 Å². The first-order chi connectivity index (χ1) is 14.7. The molecule has 30 heavy (non-hydrogen) atoms. The van der Waals surface area contributed by atoms with Crippen molar-refractivity contribution >= 4 is 11.8 Å². The van der Waals surface area contributed by atoms with Gasteiger partial charge in [0, 0.05) is 32.8 Å². The SMILES string of the molecule is CCNC(=NCCCc1nn(-c2ccccc2)c(N)c1C#N)NCCCCOCC. The Morgan fingerprint density at radius 3 is 2.70 bits per heavy atom. The predicted molar refractivity (Wildman–Crippen MR) is 121 cm³/mol. The van der Waals surface area contributed by atoms with Crippen LogP contribution in [0.4, 0.5) is 5.82 Å². The number of aryl methyl sites for hydroxylation is 1. The van der Waals surface area contributed by atoms with Crippen molar-refractivity contribution in [2.45, 2.75) is 39.5 Å². The van der Waals surface area contributed by atoms with Crippen LogP contribution in [0.2, 0.25) is 0 Å². The molecule has 0 atom stereocenters. The molecule has 0 radical (unpaired) electrons. The summed E-state index contributed by atoms with van der Waals surface area (Å²) in [7, 11) is 0. The first-order valence-electron chi connectivity index (χ1n) is 10.6. The average molecular weight is 412 g/mol. The highest BCUT2D eigenvalue weighted by Crippen LogP contribution is 2.21. The number of anilines is 1. The van der Waals surface area contributed by atoms with Gasteiger partial charge in [-0.2, -0.15) is 10.4 Å². The molecule has 0 aliphatic carbocycles. The highest BCUT2D eigenvalue weighted by molar-refractivity contribution is 5.79. The predicted octanol–water partition coefficient (Wildman–Crippen LogP) is 2.63. The van der Waals surface area contributed by atoms with Crippen LogP contribution in [-0.4, -0.2) is 48.6 Å². The number of nitrogens with zero attached hydrogens (tertiary/aromatic N) is 4. The molecule has 0 aliphatic heterocycles. The zero-order chi connectivity index (χ0) is 21.6. The van der Waals surface area contributed by atoms with E-state index in [0.717, 1.165) is 57.2 Å². The molecule has 2 aromatic rings. The van der Waals surface area contributed by atoms with Crippen molar-refractivity contribution < 1.29 is 4.74 Å². The van der Waals surface area contributed by atoms with Crippen molar-refractivity contribution in [1.82, 2.24) is 20.4 Å². The third kappa shape index (κ3) is 7.08. The fourth-order valence-electron chi connectivity index (χ4n) is 3.00. The van der Waals surface area contributed by atoms with Crippen molar-refractivity contribution in [2.24, 2.45) is 4.99 Å². The van der Waals surface area contributed by atoms with Crippen LogP contribution in [-0.2, 0) is 11.2 Å². The molecule has 0 fully saturated rings. The summed E-state index contributed by atoms with van der Waals surface area (Å²) in [4.78, 5) is 4.62. The van der Waals surface area contributed by atoms with Crippen molar-refractivity contribution in [3.63, 3.8) is 0 Å². The van der Waals surface area contributed by atoms with Crippen molar-refractivity contribution in [2.75, 3.05) is 38.6 Å². The third-order valence-electron chi connectivity index (χ3n) is 4.50. The van der Waals surface area contributed by atoms with E-state index in [1.54, 1.807) is 4.68 Å². The Morgan fingerprint density at radius 1 is 1.20 bits per heavy atom. The average Bonchev–Trinajstić information content (AvgIpc) is 3.09. The third-order valence-corrected chi connectivity index (χ3v) is 4.50. The fraction of sp³-hybridized carbons (Fsp3) is 0.500. The number of ether oxygens (including phenoxy) is 1. The molecule has 0 bridgehead atoms. The molecule has 0 saturated carbocycles. The van der Waals surface area contributed by atoms with Crippen LogP contribution in [0.15, 0.2) is 35.3 Å². The Hall–Kier alpha value is -3.05. The van der Waals surface area contributed by atoms with Crippen LogP contribution in [0.3, 0.4) is 0 Å². The Kier molecular flexibility index (Phi) is 10.2. The molecule has 4 N–H and O–H groups in total. The number of nitrogens with two attached hydrogens (primary N) is 1. The second-order valence-electron chi connectivity index (χ2n) is 6.76. The molecule has 0 amide bonds. The molecule has 1 heterocycles. The molecule has 8 heteroatoms. The Labute approximate surface area is 179 Å². The Morgan fingerprint density at radius 2 is 2.00 bits per heavy atom. The van der Waals surface area contributed by atoms with Gasteiger partial charge in [-0.1, -0.05) is 18.2 Å². The number of nitriles is 1. The minimum absolute atomic E-state index is 0.379. The fourth-order valence-corrected chi connectivity index (χ4v) is 3.00. The van der Waals surface area contributed by atoms with E-state index in [-0.39, 0.29) is 0 Å². The van der Waals surface area contributed by atoms with E-state index < -0.39 is 0 Å². The first-order valence-corrected chi connectivity index (χ1v) is 10.6. The van der Waals surface area contributed by atoms with Crippen LogP contribution in [0.25, 0.3) is 5.69 Å². The van der Waals surface area contributed by atoms with Gasteiger partial charge in [0.25, 0.3) is 0 Å². The molecule has 1 aromatic heterocycles. The maximum absolute atomic E-state index is 9.51. The van der Waals surface area contributed by atoms with Gasteiger partial charge in [-0.15, -0.1) is 0 Å². The minimum Gasteiger partial charge on any atom is -0.382 e. The van der Waals surface area contributed by atoms with Crippen LogP contribution in [0.5, 0.6) is 0 Å². The van der Waals surface area contributed by atoms with Crippen LogP contribution >= 0.6 is 0 Å². The lowest BCUT2D eigenvalue weighted by Gasteiger charge is -2.11. The number of benzene rings is 1. The second kappa shape index (κ2) is 13.2. The maximum Gasteiger partial charge on any atom is 0.191 e. The normalized spacial score (nSPS) is 11.3. The van der Waals surface area contributed by atoms with E-state index in [1.807, 2.05) is 44.2 Å². The van der Waals surface area contributed by atoms with Crippen LogP contribution in [0, 0.1) is 11.3 Å². The summed E-state index contributed by atoms with van der Waals surface area (Å²) in [6.07, 6.45) is 3.49. The molecule has 1 aromatic carbocycles. The molecule has 0 saturated heterocycles. The summed E-state index contributed by atoms with van der Waals surface area (Å²) in [5.74, 6) is 1.19. The van der Waals surface area contributed by atoms with Gasteiger partial charge < -0.3 is 21.1 Å². The van der Waals surface area contributed by atoms with Crippen molar-refractivity contribution in [1.29, 1.82) is 5.26 Å². The van der Waals surface area contributed by atoms with E-state index in [0.29, 0.717) is 30.0 Å². The molecule has 0 spiro atoms. The lowest BCUT2D eigenvalue weighted by Crippen LogP contribution is -2.38. The van der Waals surface area contributed by atoms with E-state index in [9.17, 15) is 5.26 Å². The summed E-state index contributed by atoms with van der Waals surface area (Å²) < 4.78 is 6.98. The second-order valence-corrected chi connectivity index (χ2v) is 6.76. The molecular weight excluding hydrogens is 378 g/mol. The number of nitrogen functional groups attached to an aromatic ring is 1. The van der Waals surface area contributed by atoms with E-state index in [4.69, 9.17) is 10.5 Å². The zero-order valence-electron chi connectivity index (χ0n) is 18.0. The quantitative estimate of drug-likeness (QED) is 0.281. The lowest BCUT2D eigenvalue weighted by atomic mass is 10.1. The monoisotopic (exact) mass is 411 g/mol. The Balaban J connectivity index is 1.89. The smallest absolute Gasteiger partial charge is 0.191 e. The summed E-state index contributed by atoms with van der Waals surface area (Å²) in [6.45, 7) is 7.92. The molecule has 8 nitrogen and oxygen atoms in total. The van der Waals surface area contributed by atoms with E-state index in [1.165, 1.54) is 0 Å². The van der Waals surface area contributed by atoms with Gasteiger partial charge in [0.1, 0.15) is 17.5 Å². The van der Waals surface area contributed by atoms with E-state index in [2.05, 4.69) is 26.8 Å². The number of aromatic nitrogens is 2. The minimum atomic E-state index is 0.379. The van der Waals surface area contributed by atoms with Crippen LogP contribution in [0.1, 0.15) is 44.4 Å². The van der Waals surface area contributed by atoms with Crippen molar-refractivity contribution in [3.05, 3.63) is 41.6 Å². The number of hydrogen-bond acceptors (Lipinski definition) is 5. The Bertz CT molecular complexity index is 824. The number of hydrogen-bond donors (Lipinski definition) is 3. The number of unbranched alkanes of at least 4 members (excludes halogenated alkanes) is 1. The summed E-state index contributed by atoms with van der Waals surface area (Å²) in [6, 6.07) is 11.8. The van der Waals surface area contributed by atoms with Crippen LogP contribution < -0.4 is 16.4 Å². The molecule has 162 valence electrons. The lowest BCUT2D eigenvalue weighted by molar-refractivity contribution is 0.143. The number of nitrogens with one attached hydrogen (secondary N) is 2. The largest absolute Gasteiger partial charge is 0.382 e. The highest BCUT2D eigenvalue weighted by Gasteiger charge is 2.16. The van der Waals surface area contributed by atoms with Gasteiger partial charge in [-0.3, -0.25) is 4.99 Å². The summed E-state index contributed by atoms with van der Waals surface area (Å²) in [5.41, 5.74) is 8.16. The van der Waals surface area contributed by atoms with E-state index >= 15 is 0 Å². The molecule has 0 aliphatic rings. The van der Waals surface area contributed by atoms with Crippen molar-refractivity contribution in [3.8, 4) is 11.8 Å². The molecular formula is C22H33N7O. The number of aliphatic imine (C=N–C) groups is 1. The summed E-state index contributed by atoms with van der Waals surface area (Å²) in [5, 5.41) is 20.7. The zero-order valence-corrected chi connectivity index (χ0v) is 18.0. The standard InChI is InChI=1S/C22H33N7O/c1-3-25-22(26-14-8-9-16-30-4-2)27-15-10-13-20-19(17-23)21(24)29(28-20)18-11-6-5-7-12-18/h5-7,11-12H,3-4,8-10,13-16,24H2,1-2H3,(H2,25,26,27). The summed E-state index contributed by atoms with van der Waals surface area (Å²) >= 11 is 0.